The highest BCUT2D eigenvalue weighted by Gasteiger charge is 2.08. The average molecular weight is 292 g/mol. The summed E-state index contributed by atoms with van der Waals surface area (Å²) in [5, 5.41) is 0. The molecule has 19 heavy (non-hydrogen) atoms. The molecule has 0 atom stereocenters. The van der Waals surface area contributed by atoms with Gasteiger partial charge in [-0.1, -0.05) is 0 Å². The van der Waals surface area contributed by atoms with Gasteiger partial charge in [0.2, 0.25) is 0 Å². The van der Waals surface area contributed by atoms with Gasteiger partial charge in [-0.2, -0.15) is 8.42 Å². The van der Waals surface area contributed by atoms with Gasteiger partial charge in [-0.15, -0.1) is 0 Å². The minimum absolute atomic E-state index is 0.734. The van der Waals surface area contributed by atoms with E-state index in [-0.39, 0.29) is 0 Å². The molecule has 0 heterocycles. The summed E-state index contributed by atoms with van der Waals surface area (Å²) in [6.07, 6.45) is 0. The maximum Gasteiger partial charge on any atom is 0.394 e. The lowest BCUT2D eigenvalue weighted by Crippen LogP contribution is -2.22. The fourth-order valence-corrected chi connectivity index (χ4v) is 1.52. The molecule has 0 aliphatic carbocycles. The molecule has 0 aliphatic heterocycles. The average Bonchev–Trinajstić information content (AvgIpc) is 2.30. The summed E-state index contributed by atoms with van der Waals surface area (Å²) in [5.74, 6) is 0.841. The smallest absolute Gasteiger partial charge is 0.394 e. The number of hydrogen-bond donors (Lipinski definition) is 3. The summed E-state index contributed by atoms with van der Waals surface area (Å²) in [6, 6.07) is 5.75. The second-order valence-corrected chi connectivity index (χ2v) is 4.45. The van der Waals surface area contributed by atoms with Crippen LogP contribution >= 0.6 is 0 Å². The number of nitrogens with zero attached hydrogens (tertiary/aromatic N) is 1. The normalized spacial score (nSPS) is 10.4. The first-order valence-corrected chi connectivity index (χ1v) is 7.00. The second-order valence-electron chi connectivity index (χ2n) is 3.55. The van der Waals surface area contributed by atoms with Gasteiger partial charge in [-0.05, 0) is 26.0 Å². The number of ether oxygens (including phenoxy) is 1. The van der Waals surface area contributed by atoms with E-state index >= 15 is 0 Å². The van der Waals surface area contributed by atoms with Gasteiger partial charge in [0.15, 0.2) is 0 Å². The lowest BCUT2D eigenvalue weighted by molar-refractivity contribution is 0.381. The molecule has 0 radical (unpaired) electrons. The SMILES string of the molecule is CCN(CC)c1ccc(N)cc1OC.O=S(=O)(O)O. The van der Waals surface area contributed by atoms with Crippen LogP contribution in [0.4, 0.5) is 11.4 Å². The second kappa shape index (κ2) is 7.82. The first-order chi connectivity index (χ1) is 8.72. The third-order valence-corrected chi connectivity index (χ3v) is 2.31. The van der Waals surface area contributed by atoms with Crippen LogP contribution in [0.3, 0.4) is 0 Å². The van der Waals surface area contributed by atoms with E-state index in [2.05, 4.69) is 18.7 Å². The highest BCUT2D eigenvalue weighted by Crippen LogP contribution is 2.29. The molecular weight excluding hydrogens is 272 g/mol. The van der Waals surface area contributed by atoms with Gasteiger partial charge in [0.05, 0.1) is 12.8 Å². The Bertz CT molecular complexity index is 478. The van der Waals surface area contributed by atoms with Crippen LogP contribution in [0.25, 0.3) is 0 Å². The highest BCUT2D eigenvalue weighted by atomic mass is 32.3. The minimum atomic E-state index is -4.67. The van der Waals surface area contributed by atoms with E-state index in [1.165, 1.54) is 0 Å². The van der Waals surface area contributed by atoms with Crippen molar-refractivity contribution < 1.29 is 22.3 Å². The van der Waals surface area contributed by atoms with E-state index in [1.54, 1.807) is 7.11 Å². The summed E-state index contributed by atoms with van der Waals surface area (Å²) >= 11 is 0. The van der Waals surface area contributed by atoms with Crippen molar-refractivity contribution in [2.45, 2.75) is 13.8 Å². The van der Waals surface area contributed by atoms with Gasteiger partial charge in [0, 0.05) is 24.8 Å². The molecule has 0 spiro atoms. The molecule has 7 nitrogen and oxygen atoms in total. The third kappa shape index (κ3) is 7.50. The van der Waals surface area contributed by atoms with Crippen LogP contribution in [0, 0.1) is 0 Å². The minimum Gasteiger partial charge on any atom is -0.495 e. The highest BCUT2D eigenvalue weighted by molar-refractivity contribution is 7.79. The van der Waals surface area contributed by atoms with Gasteiger partial charge < -0.3 is 15.4 Å². The molecule has 0 amide bonds. The van der Waals surface area contributed by atoms with Gasteiger partial charge in [-0.25, -0.2) is 0 Å². The third-order valence-electron chi connectivity index (χ3n) is 2.31. The Hall–Kier alpha value is -1.51. The number of methoxy groups -OCH3 is 1. The molecule has 0 unspecified atom stereocenters. The Labute approximate surface area is 113 Å². The monoisotopic (exact) mass is 292 g/mol. The Kier molecular flexibility index (Phi) is 7.20. The summed E-state index contributed by atoms with van der Waals surface area (Å²) in [7, 11) is -3.00. The van der Waals surface area contributed by atoms with Crippen molar-refractivity contribution in [3.8, 4) is 5.75 Å². The molecular formula is C11H20N2O5S. The summed E-state index contributed by atoms with van der Waals surface area (Å²) in [6.45, 7) is 6.19. The lowest BCUT2D eigenvalue weighted by Gasteiger charge is -2.23. The molecule has 0 saturated heterocycles. The van der Waals surface area contributed by atoms with Crippen molar-refractivity contribution in [3.05, 3.63) is 18.2 Å². The molecule has 0 aromatic heterocycles. The number of hydrogen-bond acceptors (Lipinski definition) is 5. The maximum absolute atomic E-state index is 8.74. The number of anilines is 2. The van der Waals surface area contributed by atoms with Crippen LogP contribution < -0.4 is 15.4 Å². The zero-order valence-corrected chi connectivity index (χ0v) is 12.0. The van der Waals surface area contributed by atoms with Crippen molar-refractivity contribution in [2.75, 3.05) is 30.8 Å². The molecule has 110 valence electrons. The maximum atomic E-state index is 8.74. The largest absolute Gasteiger partial charge is 0.495 e. The van der Waals surface area contributed by atoms with Crippen molar-refractivity contribution in [1.29, 1.82) is 0 Å². The van der Waals surface area contributed by atoms with E-state index < -0.39 is 10.4 Å². The molecule has 0 bridgehead atoms. The number of nitrogen functional groups attached to an aromatic ring is 1. The fourth-order valence-electron chi connectivity index (χ4n) is 1.52. The van der Waals surface area contributed by atoms with Crippen molar-refractivity contribution in [1.82, 2.24) is 0 Å². The van der Waals surface area contributed by atoms with Gasteiger partial charge in [0.1, 0.15) is 5.75 Å². The summed E-state index contributed by atoms with van der Waals surface area (Å²) in [5.41, 5.74) is 7.53. The zero-order valence-electron chi connectivity index (χ0n) is 11.2. The first-order valence-electron chi connectivity index (χ1n) is 5.61. The van der Waals surface area contributed by atoms with Crippen molar-refractivity contribution in [2.24, 2.45) is 0 Å². The van der Waals surface area contributed by atoms with Crippen LogP contribution in [-0.4, -0.2) is 37.7 Å². The summed E-state index contributed by atoms with van der Waals surface area (Å²) < 4.78 is 36.9. The Morgan fingerprint density at radius 1 is 1.26 bits per heavy atom. The molecule has 1 aromatic carbocycles. The first kappa shape index (κ1) is 17.5. The predicted octanol–water partition coefficient (Wildman–Crippen LogP) is 1.47. The molecule has 0 fully saturated rings. The topological polar surface area (TPSA) is 113 Å². The Balaban J connectivity index is 0.000000555. The van der Waals surface area contributed by atoms with E-state index in [9.17, 15) is 0 Å². The van der Waals surface area contributed by atoms with E-state index in [0.717, 1.165) is 30.2 Å². The Morgan fingerprint density at radius 2 is 1.74 bits per heavy atom. The van der Waals surface area contributed by atoms with Crippen LogP contribution in [0.5, 0.6) is 5.75 Å². The predicted molar refractivity (Wildman–Crippen MR) is 75.1 cm³/mol. The van der Waals surface area contributed by atoms with Crippen LogP contribution in [0.15, 0.2) is 18.2 Å². The molecule has 1 rings (SSSR count). The zero-order chi connectivity index (χ0) is 15.1. The van der Waals surface area contributed by atoms with E-state index in [0.29, 0.717) is 0 Å². The standard InChI is InChI=1S/C11H18N2O.H2O4S/c1-4-13(5-2)10-7-6-9(12)8-11(10)14-3;1-5(2,3)4/h6-8H,4-5,12H2,1-3H3;(H2,1,2,3,4). The van der Waals surface area contributed by atoms with E-state index in [4.69, 9.17) is 28.0 Å². The molecule has 0 saturated carbocycles. The lowest BCUT2D eigenvalue weighted by atomic mass is 10.2. The van der Waals surface area contributed by atoms with Gasteiger partial charge in [0.25, 0.3) is 0 Å². The number of nitrogens with two attached hydrogens (primary N) is 1. The molecule has 4 N–H and O–H groups in total. The van der Waals surface area contributed by atoms with Gasteiger partial charge >= 0.3 is 10.4 Å². The summed E-state index contributed by atoms with van der Waals surface area (Å²) in [4.78, 5) is 2.23. The molecule has 8 heteroatoms. The van der Waals surface area contributed by atoms with Crippen LogP contribution in [0.1, 0.15) is 13.8 Å². The van der Waals surface area contributed by atoms with Crippen LogP contribution in [-0.2, 0) is 10.4 Å². The number of benzene rings is 1. The van der Waals surface area contributed by atoms with Crippen molar-refractivity contribution >= 4 is 21.8 Å². The Morgan fingerprint density at radius 3 is 2.11 bits per heavy atom. The van der Waals surface area contributed by atoms with Gasteiger partial charge in [-0.3, -0.25) is 9.11 Å². The van der Waals surface area contributed by atoms with Crippen LogP contribution in [0.2, 0.25) is 0 Å². The quantitative estimate of drug-likeness (QED) is 0.569. The number of rotatable bonds is 4. The van der Waals surface area contributed by atoms with E-state index in [1.807, 2.05) is 18.2 Å². The van der Waals surface area contributed by atoms with Crippen molar-refractivity contribution in [3.63, 3.8) is 0 Å². The molecule has 1 aromatic rings. The molecule has 0 aliphatic rings. The fraction of sp³-hybridized carbons (Fsp3) is 0.455.